The maximum atomic E-state index is 12.2. The van der Waals surface area contributed by atoms with Crippen LogP contribution in [0.4, 0.5) is 5.69 Å². The fourth-order valence-electron chi connectivity index (χ4n) is 2.45. The highest BCUT2D eigenvalue weighted by Crippen LogP contribution is 2.28. The first-order chi connectivity index (χ1) is 13.0. The van der Waals surface area contributed by atoms with Crippen LogP contribution in [-0.2, 0) is 0 Å². The largest absolute Gasteiger partial charge is 0.494 e. The number of nitrogens with zero attached hydrogens (tertiary/aromatic N) is 1. The van der Waals surface area contributed by atoms with E-state index >= 15 is 0 Å². The minimum atomic E-state index is -0.686. The average molecular weight is 373 g/mol. The van der Waals surface area contributed by atoms with E-state index in [4.69, 9.17) is 14.2 Å². The molecule has 0 heterocycles. The Morgan fingerprint density at radius 2 is 1.74 bits per heavy atom. The van der Waals surface area contributed by atoms with Crippen molar-refractivity contribution in [2.24, 2.45) is 0 Å². The van der Waals surface area contributed by atoms with Gasteiger partial charge < -0.3 is 14.2 Å². The predicted molar refractivity (Wildman–Crippen MR) is 101 cm³/mol. The van der Waals surface area contributed by atoms with Gasteiger partial charge in [-0.25, -0.2) is 4.79 Å². The lowest BCUT2D eigenvalue weighted by Gasteiger charge is -2.08. The van der Waals surface area contributed by atoms with Gasteiger partial charge in [-0.05, 0) is 42.8 Å². The lowest BCUT2D eigenvalue weighted by molar-refractivity contribution is -0.385. The molecule has 0 fully saturated rings. The number of nitro benzene ring substituents is 1. The van der Waals surface area contributed by atoms with Gasteiger partial charge in [0.15, 0.2) is 5.75 Å². The second-order valence-corrected chi connectivity index (χ2v) is 5.91. The molecule has 0 unspecified atom stereocenters. The van der Waals surface area contributed by atoms with Crippen LogP contribution < -0.4 is 14.2 Å². The number of methoxy groups -OCH3 is 1. The Balaban J connectivity index is 1.95. The summed E-state index contributed by atoms with van der Waals surface area (Å²) in [7, 11) is 1.33. The molecule has 0 spiro atoms. The molecule has 0 aliphatic heterocycles. The quantitative estimate of drug-likeness (QED) is 0.196. The van der Waals surface area contributed by atoms with Crippen molar-refractivity contribution >= 4 is 11.7 Å². The molecular weight excluding hydrogens is 350 g/mol. The number of rotatable bonds is 10. The smallest absolute Gasteiger partial charge is 0.343 e. The zero-order valence-electron chi connectivity index (χ0n) is 15.5. The average Bonchev–Trinajstić information content (AvgIpc) is 2.68. The highest BCUT2D eigenvalue weighted by Gasteiger charge is 2.19. The van der Waals surface area contributed by atoms with Gasteiger partial charge in [0.1, 0.15) is 11.5 Å². The SMILES string of the molecule is CCCCCCOc1ccc(OC(=O)c2ccc(OC)c([N+](=O)[O-])c2)cc1. The number of carbonyl (C=O) groups is 1. The van der Waals surface area contributed by atoms with Crippen molar-refractivity contribution < 1.29 is 23.9 Å². The maximum absolute atomic E-state index is 12.2. The lowest BCUT2D eigenvalue weighted by atomic mass is 10.2. The first-order valence-corrected chi connectivity index (χ1v) is 8.82. The normalized spacial score (nSPS) is 10.3. The highest BCUT2D eigenvalue weighted by molar-refractivity contribution is 5.92. The summed E-state index contributed by atoms with van der Waals surface area (Å²) in [5.41, 5.74) is -0.225. The van der Waals surface area contributed by atoms with Gasteiger partial charge in [-0.15, -0.1) is 0 Å². The summed E-state index contributed by atoms with van der Waals surface area (Å²) in [6.07, 6.45) is 4.51. The van der Waals surface area contributed by atoms with E-state index in [9.17, 15) is 14.9 Å². The van der Waals surface area contributed by atoms with Gasteiger partial charge in [-0.3, -0.25) is 10.1 Å². The number of ether oxygens (including phenoxy) is 3. The zero-order chi connectivity index (χ0) is 19.6. The van der Waals surface area contributed by atoms with Crippen LogP contribution in [0.15, 0.2) is 42.5 Å². The fraction of sp³-hybridized carbons (Fsp3) is 0.350. The molecule has 2 aromatic carbocycles. The van der Waals surface area contributed by atoms with Crippen molar-refractivity contribution in [1.29, 1.82) is 0 Å². The Hall–Kier alpha value is -3.09. The number of esters is 1. The van der Waals surface area contributed by atoms with Gasteiger partial charge in [0.2, 0.25) is 0 Å². The van der Waals surface area contributed by atoms with E-state index < -0.39 is 10.9 Å². The third-order valence-corrected chi connectivity index (χ3v) is 3.91. The molecule has 0 aliphatic rings. The molecule has 0 aliphatic carbocycles. The standard InChI is InChI=1S/C20H23NO6/c1-3-4-5-6-13-26-16-8-10-17(11-9-16)27-20(22)15-7-12-19(25-2)18(14-15)21(23)24/h7-12,14H,3-6,13H2,1-2H3. The summed E-state index contributed by atoms with van der Waals surface area (Å²) in [5.74, 6) is 0.425. The number of hydrogen-bond donors (Lipinski definition) is 0. The van der Waals surface area contributed by atoms with E-state index in [1.165, 1.54) is 32.1 Å². The molecule has 0 saturated heterocycles. The molecule has 0 aromatic heterocycles. The third kappa shape index (κ3) is 5.99. The van der Waals surface area contributed by atoms with Crippen LogP contribution in [0.25, 0.3) is 0 Å². The van der Waals surface area contributed by atoms with Crippen molar-refractivity contribution in [1.82, 2.24) is 0 Å². The second-order valence-electron chi connectivity index (χ2n) is 5.91. The molecule has 0 saturated carbocycles. The number of unbranched alkanes of at least 4 members (excludes halogenated alkanes) is 3. The van der Waals surface area contributed by atoms with Crippen molar-refractivity contribution in [2.75, 3.05) is 13.7 Å². The molecule has 7 nitrogen and oxygen atoms in total. The van der Waals surface area contributed by atoms with Crippen molar-refractivity contribution in [3.63, 3.8) is 0 Å². The molecular formula is C20H23NO6. The van der Waals surface area contributed by atoms with Crippen molar-refractivity contribution in [3.05, 3.63) is 58.1 Å². The van der Waals surface area contributed by atoms with E-state index in [2.05, 4.69) is 6.92 Å². The Morgan fingerprint density at radius 3 is 2.37 bits per heavy atom. The highest BCUT2D eigenvalue weighted by atomic mass is 16.6. The number of hydrogen-bond acceptors (Lipinski definition) is 6. The maximum Gasteiger partial charge on any atom is 0.343 e. The van der Waals surface area contributed by atoms with E-state index in [1.807, 2.05) is 0 Å². The van der Waals surface area contributed by atoms with Gasteiger partial charge in [0, 0.05) is 6.07 Å². The minimum absolute atomic E-state index is 0.0683. The second kappa shape index (κ2) is 10.2. The summed E-state index contributed by atoms with van der Waals surface area (Å²) < 4.78 is 15.8. The van der Waals surface area contributed by atoms with Gasteiger partial charge in [0.05, 0.1) is 24.2 Å². The first-order valence-electron chi connectivity index (χ1n) is 8.82. The van der Waals surface area contributed by atoms with E-state index in [0.29, 0.717) is 18.1 Å². The molecule has 0 amide bonds. The summed E-state index contributed by atoms with van der Waals surface area (Å²) in [6, 6.07) is 10.6. The molecule has 2 rings (SSSR count). The number of benzene rings is 2. The zero-order valence-corrected chi connectivity index (χ0v) is 15.5. The van der Waals surface area contributed by atoms with Crippen LogP contribution >= 0.6 is 0 Å². The van der Waals surface area contributed by atoms with E-state index in [0.717, 1.165) is 18.9 Å². The van der Waals surface area contributed by atoms with Gasteiger partial charge in [0.25, 0.3) is 0 Å². The Labute approximate surface area is 158 Å². The number of nitro groups is 1. The molecule has 144 valence electrons. The topological polar surface area (TPSA) is 87.9 Å². The molecule has 0 N–H and O–H groups in total. The Morgan fingerprint density at radius 1 is 1.04 bits per heavy atom. The van der Waals surface area contributed by atoms with Gasteiger partial charge in [-0.1, -0.05) is 26.2 Å². The fourth-order valence-corrected chi connectivity index (χ4v) is 2.45. The van der Waals surface area contributed by atoms with Gasteiger partial charge >= 0.3 is 11.7 Å². The van der Waals surface area contributed by atoms with Crippen LogP contribution in [0, 0.1) is 10.1 Å². The summed E-state index contributed by atoms with van der Waals surface area (Å²) in [5, 5.41) is 11.1. The summed E-state index contributed by atoms with van der Waals surface area (Å²) in [6.45, 7) is 2.81. The van der Waals surface area contributed by atoms with E-state index in [-0.39, 0.29) is 17.0 Å². The Bertz CT molecular complexity index is 773. The van der Waals surface area contributed by atoms with Crippen LogP contribution in [0.2, 0.25) is 0 Å². The van der Waals surface area contributed by atoms with Gasteiger partial charge in [-0.2, -0.15) is 0 Å². The predicted octanol–water partition coefficient (Wildman–Crippen LogP) is 4.78. The van der Waals surface area contributed by atoms with Crippen LogP contribution in [0.5, 0.6) is 17.2 Å². The molecule has 0 bridgehead atoms. The summed E-state index contributed by atoms with van der Waals surface area (Å²) in [4.78, 5) is 22.7. The first kappa shape index (κ1) is 20.2. The molecule has 2 aromatic rings. The molecule has 0 atom stereocenters. The van der Waals surface area contributed by atoms with Crippen molar-refractivity contribution in [2.45, 2.75) is 32.6 Å². The number of carbonyl (C=O) groups excluding carboxylic acids is 1. The summed E-state index contributed by atoms with van der Waals surface area (Å²) >= 11 is 0. The van der Waals surface area contributed by atoms with Crippen LogP contribution in [-0.4, -0.2) is 24.6 Å². The van der Waals surface area contributed by atoms with Crippen LogP contribution in [0.1, 0.15) is 43.0 Å². The third-order valence-electron chi connectivity index (χ3n) is 3.91. The lowest BCUT2D eigenvalue weighted by Crippen LogP contribution is -2.09. The van der Waals surface area contributed by atoms with Crippen molar-refractivity contribution in [3.8, 4) is 17.2 Å². The van der Waals surface area contributed by atoms with E-state index in [1.54, 1.807) is 24.3 Å². The molecule has 7 heteroatoms. The monoisotopic (exact) mass is 373 g/mol. The molecule has 0 radical (unpaired) electrons. The molecule has 27 heavy (non-hydrogen) atoms. The Kier molecular flexibility index (Phi) is 7.61. The minimum Gasteiger partial charge on any atom is -0.494 e. The van der Waals surface area contributed by atoms with Crippen LogP contribution in [0.3, 0.4) is 0 Å².